The second-order valence-electron chi connectivity index (χ2n) is 7.16. The summed E-state index contributed by atoms with van der Waals surface area (Å²) in [5.74, 6) is 1.44. The third-order valence-corrected chi connectivity index (χ3v) is 6.02. The normalized spacial score (nSPS) is 27.7. The SMILES string of the molecule is Cc1ccn([B-]2(n3ccc(C)n3)C3CCCC2CCC3)n1. The van der Waals surface area contributed by atoms with Crippen LogP contribution in [0, 0.1) is 13.8 Å². The summed E-state index contributed by atoms with van der Waals surface area (Å²) in [6, 6.07) is 4.29. The minimum atomic E-state index is -0.906. The highest BCUT2D eigenvalue weighted by Gasteiger charge is 2.49. The number of nitrogens with zero attached hydrogens (tertiary/aromatic N) is 4. The lowest BCUT2D eigenvalue weighted by Crippen LogP contribution is -2.62. The van der Waals surface area contributed by atoms with Crippen LogP contribution >= 0.6 is 0 Å². The average molecular weight is 283 g/mol. The highest BCUT2D eigenvalue weighted by atomic mass is 15.4. The Morgan fingerprint density at radius 3 is 1.62 bits per heavy atom. The number of hydrogen-bond acceptors (Lipinski definition) is 2. The van der Waals surface area contributed by atoms with Gasteiger partial charge in [0, 0.05) is 0 Å². The molecule has 0 atom stereocenters. The Kier molecular flexibility index (Phi) is 2.98. The van der Waals surface area contributed by atoms with Gasteiger partial charge in [-0.25, -0.2) is 10.2 Å². The molecule has 0 amide bonds. The molecule has 0 unspecified atom stereocenters. The molecule has 0 spiro atoms. The van der Waals surface area contributed by atoms with Crippen LogP contribution in [0.3, 0.4) is 0 Å². The first-order valence-electron chi connectivity index (χ1n) is 8.42. The molecule has 0 aromatic carbocycles. The molecule has 4 heterocycles. The monoisotopic (exact) mass is 283 g/mol. The van der Waals surface area contributed by atoms with Gasteiger partial charge in [0.1, 0.15) is 0 Å². The third kappa shape index (κ3) is 1.82. The molecule has 2 aliphatic rings. The summed E-state index contributed by atoms with van der Waals surface area (Å²) in [6.45, 7) is 4.18. The van der Waals surface area contributed by atoms with Gasteiger partial charge in [0.05, 0.1) is 11.4 Å². The summed E-state index contributed by atoms with van der Waals surface area (Å²) >= 11 is 0. The number of rotatable bonds is 2. The highest BCUT2D eigenvalue weighted by molar-refractivity contribution is 6.79. The van der Waals surface area contributed by atoms with Gasteiger partial charge >= 0.3 is 0 Å². The molecule has 0 radical (unpaired) electrons. The molecular weight excluding hydrogens is 259 g/mol. The van der Waals surface area contributed by atoms with Crippen LogP contribution in [0.5, 0.6) is 0 Å². The third-order valence-electron chi connectivity index (χ3n) is 6.02. The average Bonchev–Trinajstić information content (AvgIpc) is 3.06. The Morgan fingerprint density at radius 2 is 1.29 bits per heavy atom. The van der Waals surface area contributed by atoms with Crippen molar-refractivity contribution in [1.29, 1.82) is 0 Å². The predicted molar refractivity (Wildman–Crippen MR) is 85.7 cm³/mol. The van der Waals surface area contributed by atoms with Crippen molar-refractivity contribution >= 4 is 6.42 Å². The molecule has 2 aliphatic heterocycles. The number of aryl methyl sites for hydroxylation is 2. The highest BCUT2D eigenvalue weighted by Crippen LogP contribution is 2.53. The van der Waals surface area contributed by atoms with Crippen molar-refractivity contribution in [1.82, 2.24) is 19.4 Å². The summed E-state index contributed by atoms with van der Waals surface area (Å²) in [6.07, 6.45) is 11.5. The quantitative estimate of drug-likeness (QED) is 0.789. The largest absolute Gasteiger partial charge is 0.422 e. The maximum Gasteiger partial charge on any atom is 0.232 e. The molecule has 5 heteroatoms. The van der Waals surface area contributed by atoms with Crippen LogP contribution in [0.2, 0.25) is 11.6 Å². The van der Waals surface area contributed by atoms with E-state index in [1.807, 2.05) is 0 Å². The molecule has 0 N–H and O–H groups in total. The first-order chi connectivity index (χ1) is 10.2. The van der Waals surface area contributed by atoms with E-state index in [0.717, 1.165) is 23.0 Å². The van der Waals surface area contributed by atoms with Gasteiger partial charge in [0.25, 0.3) is 0 Å². The zero-order valence-corrected chi connectivity index (χ0v) is 13.1. The van der Waals surface area contributed by atoms with E-state index in [4.69, 9.17) is 10.2 Å². The van der Waals surface area contributed by atoms with Crippen molar-refractivity contribution in [2.75, 3.05) is 0 Å². The van der Waals surface area contributed by atoms with Crippen LogP contribution in [0.25, 0.3) is 0 Å². The first kappa shape index (κ1) is 13.2. The second-order valence-corrected chi connectivity index (χ2v) is 7.16. The molecule has 2 saturated heterocycles. The zero-order valence-electron chi connectivity index (χ0n) is 13.1. The lowest BCUT2D eigenvalue weighted by molar-refractivity contribution is 0.402. The fraction of sp³-hybridized carbons (Fsp3) is 0.625. The van der Waals surface area contributed by atoms with Crippen LogP contribution in [0.1, 0.15) is 49.9 Å². The van der Waals surface area contributed by atoms with Gasteiger partial charge in [-0.2, -0.15) is 0 Å². The van der Waals surface area contributed by atoms with Crippen LogP contribution in [-0.4, -0.2) is 25.8 Å². The molecule has 2 aromatic heterocycles. The van der Waals surface area contributed by atoms with E-state index < -0.39 is 6.42 Å². The molecule has 2 fully saturated rings. The van der Waals surface area contributed by atoms with Gasteiger partial charge in [-0.15, -0.1) is 11.6 Å². The Labute approximate surface area is 126 Å². The summed E-state index contributed by atoms with van der Waals surface area (Å²) in [4.78, 5) is 0. The van der Waals surface area contributed by atoms with Crippen molar-refractivity contribution in [3.05, 3.63) is 35.9 Å². The first-order valence-corrected chi connectivity index (χ1v) is 8.42. The maximum atomic E-state index is 4.86. The molecule has 2 aromatic rings. The van der Waals surface area contributed by atoms with E-state index in [2.05, 4.69) is 47.6 Å². The maximum absolute atomic E-state index is 4.86. The topological polar surface area (TPSA) is 35.6 Å². The van der Waals surface area contributed by atoms with E-state index in [1.54, 1.807) is 0 Å². The molecule has 0 aliphatic carbocycles. The van der Waals surface area contributed by atoms with Crippen LogP contribution in [0.15, 0.2) is 24.5 Å². The lowest BCUT2D eigenvalue weighted by atomic mass is 9.24. The molecule has 4 nitrogen and oxygen atoms in total. The van der Waals surface area contributed by atoms with Crippen molar-refractivity contribution in [3.8, 4) is 0 Å². The van der Waals surface area contributed by atoms with Gasteiger partial charge in [-0.3, -0.25) is 0 Å². The fourth-order valence-electron chi connectivity index (χ4n) is 5.25. The summed E-state index contributed by atoms with van der Waals surface area (Å²) in [5, 5.41) is 9.72. The molecule has 4 rings (SSSR count). The van der Waals surface area contributed by atoms with Crippen molar-refractivity contribution in [3.63, 3.8) is 0 Å². The van der Waals surface area contributed by atoms with E-state index in [-0.39, 0.29) is 0 Å². The number of hydrogen-bond donors (Lipinski definition) is 0. The lowest BCUT2D eigenvalue weighted by Gasteiger charge is -2.58. The van der Waals surface area contributed by atoms with E-state index in [0.29, 0.717) is 0 Å². The smallest absolute Gasteiger partial charge is 0.232 e. The number of fused-ring (bicyclic) bond motifs is 2. The fourth-order valence-corrected chi connectivity index (χ4v) is 5.25. The van der Waals surface area contributed by atoms with Gasteiger partial charge in [-0.05, 0) is 38.4 Å². The van der Waals surface area contributed by atoms with Crippen molar-refractivity contribution in [2.24, 2.45) is 0 Å². The van der Waals surface area contributed by atoms with Crippen molar-refractivity contribution in [2.45, 2.75) is 64.0 Å². The van der Waals surface area contributed by atoms with E-state index >= 15 is 0 Å². The summed E-state index contributed by atoms with van der Waals surface area (Å²) in [7, 11) is 0. The molecular formula is C16H24BN4-. The molecule has 0 saturated carbocycles. The van der Waals surface area contributed by atoms with Crippen LogP contribution < -0.4 is 0 Å². The Balaban J connectivity index is 1.93. The van der Waals surface area contributed by atoms with Crippen LogP contribution in [-0.2, 0) is 0 Å². The Morgan fingerprint density at radius 1 is 0.857 bits per heavy atom. The summed E-state index contributed by atoms with van der Waals surface area (Å²) in [5.41, 5.74) is 2.23. The summed E-state index contributed by atoms with van der Waals surface area (Å²) < 4.78 is 4.60. The minimum absolute atomic E-state index is 0.719. The zero-order chi connectivity index (χ0) is 14.4. The Bertz CT molecular complexity index is 580. The molecule has 2 bridgehead atoms. The standard InChI is InChI=1S/C16H24BN4/c1-13-9-11-20(18-13)17(21-12-10-14(2)19-21)15-5-3-6-16(17)8-4-7-15/h9-12,15-16H,3-8H2,1-2H3/q-1. The van der Waals surface area contributed by atoms with E-state index in [1.165, 1.54) is 38.5 Å². The molecule has 112 valence electrons. The van der Waals surface area contributed by atoms with Crippen molar-refractivity contribution < 1.29 is 0 Å². The Hall–Kier alpha value is -1.52. The predicted octanol–water partition coefficient (Wildman–Crippen LogP) is 3.64. The van der Waals surface area contributed by atoms with E-state index in [9.17, 15) is 0 Å². The van der Waals surface area contributed by atoms with Gasteiger partial charge in [0.2, 0.25) is 6.42 Å². The second kappa shape index (κ2) is 4.75. The number of aromatic nitrogens is 4. The van der Waals surface area contributed by atoms with Gasteiger partial charge in [0.15, 0.2) is 0 Å². The minimum Gasteiger partial charge on any atom is -0.422 e. The molecule has 21 heavy (non-hydrogen) atoms. The van der Waals surface area contributed by atoms with Crippen LogP contribution in [0.4, 0.5) is 0 Å². The van der Waals surface area contributed by atoms with Gasteiger partial charge < -0.3 is 9.19 Å². The van der Waals surface area contributed by atoms with Gasteiger partial charge in [-0.1, -0.05) is 38.5 Å².